The number of hydrogen-bond donors (Lipinski definition) is 2. The molecule has 0 aromatic heterocycles. The van der Waals surface area contributed by atoms with E-state index in [9.17, 15) is 14.4 Å². The summed E-state index contributed by atoms with van der Waals surface area (Å²) in [4.78, 5) is 38.1. The number of urea groups is 1. The van der Waals surface area contributed by atoms with Crippen LogP contribution in [0.5, 0.6) is 0 Å². The molecule has 4 amide bonds. The third kappa shape index (κ3) is 2.81. The molecule has 0 bridgehead atoms. The minimum absolute atomic E-state index is 0.0925. The van der Waals surface area contributed by atoms with Crippen molar-refractivity contribution in [2.75, 3.05) is 11.9 Å². The molecule has 2 fully saturated rings. The molecule has 3 rings (SSSR count). The maximum atomic E-state index is 12.8. The van der Waals surface area contributed by atoms with Gasteiger partial charge in [-0.25, -0.2) is 4.79 Å². The van der Waals surface area contributed by atoms with E-state index in [1.54, 1.807) is 12.1 Å². The van der Waals surface area contributed by atoms with E-state index in [0.717, 1.165) is 24.2 Å². The third-order valence-corrected chi connectivity index (χ3v) is 4.86. The number of imide groups is 1. The zero-order chi connectivity index (χ0) is 16.4. The fraction of sp³-hybridized carbons (Fsp3) is 0.471. The van der Waals surface area contributed by atoms with Crippen molar-refractivity contribution in [3.05, 3.63) is 30.3 Å². The number of hydrogen-bond acceptors (Lipinski definition) is 3. The van der Waals surface area contributed by atoms with Gasteiger partial charge in [0.2, 0.25) is 5.91 Å². The highest BCUT2D eigenvalue weighted by atomic mass is 16.2. The highest BCUT2D eigenvalue weighted by Crippen LogP contribution is 2.38. The molecule has 2 aliphatic rings. The molecule has 1 aromatic rings. The number of anilines is 1. The zero-order valence-corrected chi connectivity index (χ0v) is 13.2. The predicted octanol–water partition coefficient (Wildman–Crippen LogP) is 2.13. The Hall–Kier alpha value is -2.37. The summed E-state index contributed by atoms with van der Waals surface area (Å²) in [5.74, 6) is -0.548. The molecule has 23 heavy (non-hydrogen) atoms. The quantitative estimate of drug-likeness (QED) is 0.839. The Balaban J connectivity index is 1.69. The maximum Gasteiger partial charge on any atom is 0.325 e. The molecule has 1 aliphatic heterocycles. The molecular weight excluding hydrogens is 294 g/mol. The van der Waals surface area contributed by atoms with E-state index < -0.39 is 11.6 Å². The first-order chi connectivity index (χ1) is 11.0. The summed E-state index contributed by atoms with van der Waals surface area (Å²) < 4.78 is 0. The molecule has 1 spiro atoms. The van der Waals surface area contributed by atoms with Gasteiger partial charge >= 0.3 is 6.03 Å². The van der Waals surface area contributed by atoms with Crippen LogP contribution >= 0.6 is 0 Å². The van der Waals surface area contributed by atoms with E-state index in [0.29, 0.717) is 12.1 Å². The Morgan fingerprint density at radius 1 is 1.30 bits per heavy atom. The lowest BCUT2D eigenvalue weighted by Gasteiger charge is -2.36. The summed E-state index contributed by atoms with van der Waals surface area (Å²) in [6.45, 7) is 1.74. The van der Waals surface area contributed by atoms with Gasteiger partial charge in [-0.1, -0.05) is 38.0 Å². The number of benzene rings is 1. The smallest absolute Gasteiger partial charge is 0.325 e. The van der Waals surface area contributed by atoms with Gasteiger partial charge in [-0.3, -0.25) is 14.5 Å². The first-order valence-electron chi connectivity index (χ1n) is 8.02. The van der Waals surface area contributed by atoms with Crippen molar-refractivity contribution < 1.29 is 14.4 Å². The molecule has 1 heterocycles. The SMILES string of the molecule is C[C@H]1CCCC[C@@]12NC(=O)N(CC(=O)Nc1ccccc1)C2=O. The summed E-state index contributed by atoms with van der Waals surface area (Å²) in [5.41, 5.74) is -0.173. The van der Waals surface area contributed by atoms with Crippen LogP contribution in [-0.4, -0.2) is 34.8 Å². The number of carbonyl (C=O) groups is 3. The summed E-state index contributed by atoms with van der Waals surface area (Å²) in [6.07, 6.45) is 3.55. The van der Waals surface area contributed by atoms with Gasteiger partial charge in [-0.15, -0.1) is 0 Å². The van der Waals surface area contributed by atoms with Crippen molar-refractivity contribution in [3.8, 4) is 0 Å². The van der Waals surface area contributed by atoms with Crippen molar-refractivity contribution in [1.82, 2.24) is 10.2 Å². The molecule has 122 valence electrons. The minimum Gasteiger partial charge on any atom is -0.325 e. The normalized spacial score (nSPS) is 27.2. The first kappa shape index (κ1) is 15.5. The Morgan fingerprint density at radius 2 is 2.04 bits per heavy atom. The summed E-state index contributed by atoms with van der Waals surface area (Å²) in [5, 5.41) is 5.55. The van der Waals surface area contributed by atoms with Crippen LogP contribution in [0.4, 0.5) is 10.5 Å². The van der Waals surface area contributed by atoms with Crippen LogP contribution in [0, 0.1) is 5.92 Å². The molecule has 2 N–H and O–H groups in total. The topological polar surface area (TPSA) is 78.5 Å². The lowest BCUT2D eigenvalue weighted by Crippen LogP contribution is -2.54. The Labute approximate surface area is 135 Å². The van der Waals surface area contributed by atoms with E-state index >= 15 is 0 Å². The summed E-state index contributed by atoms with van der Waals surface area (Å²) in [6, 6.07) is 8.51. The largest absolute Gasteiger partial charge is 0.325 e. The van der Waals surface area contributed by atoms with Crippen LogP contribution in [0.1, 0.15) is 32.6 Å². The lowest BCUT2D eigenvalue weighted by molar-refractivity contribution is -0.136. The van der Waals surface area contributed by atoms with Crippen LogP contribution < -0.4 is 10.6 Å². The molecule has 1 aromatic carbocycles. The van der Waals surface area contributed by atoms with E-state index in [1.807, 2.05) is 25.1 Å². The monoisotopic (exact) mass is 315 g/mol. The van der Waals surface area contributed by atoms with Gasteiger partial charge in [0, 0.05) is 5.69 Å². The Kier molecular flexibility index (Phi) is 4.07. The van der Waals surface area contributed by atoms with Crippen LogP contribution in [0.25, 0.3) is 0 Å². The van der Waals surface area contributed by atoms with Gasteiger partial charge in [-0.05, 0) is 30.9 Å². The van der Waals surface area contributed by atoms with Crippen LogP contribution in [0.3, 0.4) is 0 Å². The number of nitrogens with one attached hydrogen (secondary N) is 2. The number of para-hydroxylation sites is 1. The summed E-state index contributed by atoms with van der Waals surface area (Å²) >= 11 is 0. The molecule has 0 unspecified atom stereocenters. The molecule has 6 nitrogen and oxygen atoms in total. The van der Waals surface area contributed by atoms with Crippen molar-refractivity contribution in [3.63, 3.8) is 0 Å². The van der Waals surface area contributed by atoms with E-state index in [-0.39, 0.29) is 24.3 Å². The van der Waals surface area contributed by atoms with Crippen molar-refractivity contribution in [2.45, 2.75) is 38.1 Å². The molecule has 0 radical (unpaired) electrons. The van der Waals surface area contributed by atoms with Gasteiger partial charge in [-0.2, -0.15) is 0 Å². The fourth-order valence-corrected chi connectivity index (χ4v) is 3.50. The molecule has 1 saturated carbocycles. The molecule has 2 atom stereocenters. The minimum atomic E-state index is -0.817. The van der Waals surface area contributed by atoms with E-state index in [2.05, 4.69) is 10.6 Å². The average Bonchev–Trinajstić information content (AvgIpc) is 2.76. The van der Waals surface area contributed by atoms with Crippen molar-refractivity contribution in [2.24, 2.45) is 5.92 Å². The number of rotatable bonds is 3. The number of carbonyl (C=O) groups excluding carboxylic acids is 3. The Bertz CT molecular complexity index is 631. The third-order valence-electron chi connectivity index (χ3n) is 4.86. The highest BCUT2D eigenvalue weighted by molar-refractivity contribution is 6.10. The van der Waals surface area contributed by atoms with Crippen molar-refractivity contribution >= 4 is 23.5 Å². The number of amides is 4. The van der Waals surface area contributed by atoms with Gasteiger partial charge in [0.05, 0.1) is 0 Å². The lowest BCUT2D eigenvalue weighted by atomic mass is 9.73. The second-order valence-electron chi connectivity index (χ2n) is 6.35. The van der Waals surface area contributed by atoms with Gasteiger partial charge < -0.3 is 10.6 Å². The summed E-state index contributed by atoms with van der Waals surface area (Å²) in [7, 11) is 0. The van der Waals surface area contributed by atoms with Crippen molar-refractivity contribution in [1.29, 1.82) is 0 Å². The molecule has 1 aliphatic carbocycles. The Morgan fingerprint density at radius 3 is 2.74 bits per heavy atom. The fourth-order valence-electron chi connectivity index (χ4n) is 3.50. The standard InChI is InChI=1S/C17H21N3O3/c1-12-7-5-6-10-17(12)15(22)20(16(23)19-17)11-14(21)18-13-8-3-2-4-9-13/h2-4,8-9,12H,5-7,10-11H2,1H3,(H,18,21)(H,19,23)/t12-,17+/m0/s1. The predicted molar refractivity (Wildman–Crippen MR) is 85.7 cm³/mol. The van der Waals surface area contributed by atoms with Gasteiger partial charge in [0.15, 0.2) is 0 Å². The molecular formula is C17H21N3O3. The van der Waals surface area contributed by atoms with Crippen LogP contribution in [0.2, 0.25) is 0 Å². The van der Waals surface area contributed by atoms with E-state index in [4.69, 9.17) is 0 Å². The second kappa shape index (κ2) is 6.02. The van der Waals surface area contributed by atoms with Crippen LogP contribution in [-0.2, 0) is 9.59 Å². The highest BCUT2D eigenvalue weighted by Gasteiger charge is 2.55. The molecule has 1 saturated heterocycles. The van der Waals surface area contributed by atoms with E-state index in [1.165, 1.54) is 0 Å². The zero-order valence-electron chi connectivity index (χ0n) is 13.2. The maximum absolute atomic E-state index is 12.8. The van der Waals surface area contributed by atoms with Gasteiger partial charge in [0.1, 0.15) is 12.1 Å². The first-order valence-corrected chi connectivity index (χ1v) is 8.02. The average molecular weight is 315 g/mol. The second-order valence-corrected chi connectivity index (χ2v) is 6.35. The van der Waals surface area contributed by atoms with Crippen LogP contribution in [0.15, 0.2) is 30.3 Å². The number of nitrogens with zero attached hydrogens (tertiary/aromatic N) is 1. The van der Waals surface area contributed by atoms with Gasteiger partial charge in [0.25, 0.3) is 5.91 Å². The molecule has 6 heteroatoms.